The number of aliphatic hydroxyl groups is 1. The molecule has 0 unspecified atom stereocenters. The number of phenolic OH excluding ortho intramolecular Hbond substituents is 1. The van der Waals surface area contributed by atoms with Crippen molar-refractivity contribution in [2.24, 2.45) is 11.7 Å². The lowest BCUT2D eigenvalue weighted by Gasteiger charge is -2.23. The molecule has 1 aromatic carbocycles. The van der Waals surface area contributed by atoms with Gasteiger partial charge in [-0.2, -0.15) is 0 Å². The maximum atomic E-state index is 12.5. The van der Waals surface area contributed by atoms with Gasteiger partial charge < -0.3 is 31.7 Å². The summed E-state index contributed by atoms with van der Waals surface area (Å²) in [6, 6.07) is 3.75. The largest absolute Gasteiger partial charge is 0.508 e. The first-order valence-corrected chi connectivity index (χ1v) is 8.63. The van der Waals surface area contributed by atoms with Gasteiger partial charge in [0.1, 0.15) is 23.9 Å². The van der Waals surface area contributed by atoms with Crippen LogP contribution in [0, 0.1) is 5.92 Å². The van der Waals surface area contributed by atoms with E-state index in [1.54, 1.807) is 12.1 Å². The van der Waals surface area contributed by atoms with Gasteiger partial charge in [0.2, 0.25) is 5.91 Å². The van der Waals surface area contributed by atoms with Crippen LogP contribution in [-0.4, -0.2) is 57.8 Å². The van der Waals surface area contributed by atoms with Crippen LogP contribution in [0.5, 0.6) is 5.75 Å². The van der Waals surface area contributed by atoms with Crippen LogP contribution in [0.25, 0.3) is 0 Å². The maximum Gasteiger partial charge on any atom is 0.326 e. The fourth-order valence-corrected chi connectivity index (χ4v) is 2.42. The van der Waals surface area contributed by atoms with Gasteiger partial charge in [0.05, 0.1) is 0 Å². The summed E-state index contributed by atoms with van der Waals surface area (Å²) in [5, 5.41) is 33.0. The van der Waals surface area contributed by atoms with E-state index >= 15 is 0 Å². The van der Waals surface area contributed by atoms with Crippen molar-refractivity contribution < 1.29 is 29.7 Å². The number of amides is 2. The first-order chi connectivity index (χ1) is 12.6. The molecule has 0 aliphatic heterocycles. The third kappa shape index (κ3) is 7.63. The summed E-state index contributed by atoms with van der Waals surface area (Å²) >= 11 is 0. The summed E-state index contributed by atoms with van der Waals surface area (Å²) in [5.41, 5.74) is 5.85. The van der Waals surface area contributed by atoms with Gasteiger partial charge in [0.25, 0.3) is 5.91 Å². The lowest BCUT2D eigenvalue weighted by Crippen LogP contribution is -2.54. The van der Waals surface area contributed by atoms with Crippen LogP contribution in [-0.2, 0) is 20.8 Å². The van der Waals surface area contributed by atoms with E-state index < -0.39 is 36.0 Å². The number of nitrogens with one attached hydrogen (secondary N) is 2. The molecule has 0 aliphatic carbocycles. The van der Waals surface area contributed by atoms with Crippen molar-refractivity contribution >= 4 is 17.8 Å². The minimum Gasteiger partial charge on any atom is -0.508 e. The highest BCUT2D eigenvalue weighted by atomic mass is 16.4. The van der Waals surface area contributed by atoms with Crippen molar-refractivity contribution in [1.82, 2.24) is 10.6 Å². The van der Waals surface area contributed by atoms with Gasteiger partial charge in [-0.3, -0.25) is 9.59 Å². The van der Waals surface area contributed by atoms with E-state index in [-0.39, 0.29) is 31.1 Å². The molecule has 0 heterocycles. The van der Waals surface area contributed by atoms with Crippen molar-refractivity contribution in [3.63, 3.8) is 0 Å². The molecule has 0 radical (unpaired) electrons. The molecule has 7 N–H and O–H groups in total. The number of benzene rings is 1. The predicted octanol–water partition coefficient (Wildman–Crippen LogP) is -0.645. The highest BCUT2D eigenvalue weighted by Crippen LogP contribution is 2.12. The molecular formula is C18H27N3O6. The van der Waals surface area contributed by atoms with E-state index in [0.29, 0.717) is 5.56 Å². The number of phenols is 1. The standard InChI is InChI=1S/C18H27N3O6/c1-10(2)7-13(20-17(25)15(23)9-19)16(24)21-14(18(26)27)8-11-3-5-12(22)6-4-11/h3-6,10,13-15,22-23H,7-9,19H2,1-2H3,(H,20,25)(H,21,24)(H,26,27)/t13-,14-,15-/m0/s1. The molecule has 0 saturated carbocycles. The summed E-state index contributed by atoms with van der Waals surface area (Å²) in [6.07, 6.45) is -1.17. The highest BCUT2D eigenvalue weighted by Gasteiger charge is 2.28. The van der Waals surface area contributed by atoms with Gasteiger partial charge in [-0.05, 0) is 30.0 Å². The SMILES string of the molecule is CC(C)C[C@H](NC(=O)[C@@H](O)CN)C(=O)N[C@@H](Cc1ccc(O)cc1)C(=O)O. The Morgan fingerprint density at radius 3 is 2.07 bits per heavy atom. The van der Waals surface area contributed by atoms with Gasteiger partial charge in [-0.25, -0.2) is 4.79 Å². The van der Waals surface area contributed by atoms with Crippen LogP contribution in [0.1, 0.15) is 25.8 Å². The predicted molar refractivity (Wildman–Crippen MR) is 97.8 cm³/mol. The number of carboxylic acid groups (broad SMARTS) is 1. The zero-order valence-corrected chi connectivity index (χ0v) is 15.4. The van der Waals surface area contributed by atoms with Crippen LogP contribution in [0.15, 0.2) is 24.3 Å². The Morgan fingerprint density at radius 1 is 1.04 bits per heavy atom. The molecular weight excluding hydrogens is 354 g/mol. The number of aliphatic hydroxyl groups excluding tert-OH is 1. The number of hydrogen-bond acceptors (Lipinski definition) is 6. The van der Waals surface area contributed by atoms with E-state index in [4.69, 9.17) is 5.73 Å². The Bertz CT molecular complexity index is 647. The average molecular weight is 381 g/mol. The van der Waals surface area contributed by atoms with Crippen molar-refractivity contribution in [3.8, 4) is 5.75 Å². The zero-order chi connectivity index (χ0) is 20.6. The molecule has 9 nitrogen and oxygen atoms in total. The van der Waals surface area contributed by atoms with Crippen LogP contribution >= 0.6 is 0 Å². The third-order valence-electron chi connectivity index (χ3n) is 3.86. The lowest BCUT2D eigenvalue weighted by molar-refractivity contribution is -0.142. The van der Waals surface area contributed by atoms with E-state index in [1.807, 2.05) is 13.8 Å². The normalized spacial score (nSPS) is 14.3. The first kappa shape index (κ1) is 22.4. The fourth-order valence-electron chi connectivity index (χ4n) is 2.42. The molecule has 0 saturated heterocycles. The number of rotatable bonds is 10. The van der Waals surface area contributed by atoms with Crippen LogP contribution in [0.2, 0.25) is 0 Å². The minimum absolute atomic E-state index is 0.00905. The average Bonchev–Trinajstić information content (AvgIpc) is 2.60. The van der Waals surface area contributed by atoms with Gasteiger partial charge in [-0.1, -0.05) is 26.0 Å². The first-order valence-electron chi connectivity index (χ1n) is 8.63. The van der Waals surface area contributed by atoms with Gasteiger partial charge in [0.15, 0.2) is 0 Å². The number of carboxylic acids is 1. The topological polar surface area (TPSA) is 162 Å². The molecule has 9 heteroatoms. The highest BCUT2D eigenvalue weighted by molar-refractivity contribution is 5.91. The molecule has 0 bridgehead atoms. The van der Waals surface area contributed by atoms with Gasteiger partial charge in [-0.15, -0.1) is 0 Å². The second-order valence-corrected chi connectivity index (χ2v) is 6.71. The van der Waals surface area contributed by atoms with Crippen LogP contribution in [0.4, 0.5) is 0 Å². The fraction of sp³-hybridized carbons (Fsp3) is 0.500. The molecule has 150 valence electrons. The summed E-state index contributed by atoms with van der Waals surface area (Å²) in [5.74, 6) is -2.59. The van der Waals surface area contributed by atoms with E-state index in [9.17, 15) is 29.7 Å². The van der Waals surface area contributed by atoms with Gasteiger partial charge >= 0.3 is 5.97 Å². The number of hydrogen-bond donors (Lipinski definition) is 6. The lowest BCUT2D eigenvalue weighted by atomic mass is 10.0. The number of nitrogens with two attached hydrogens (primary N) is 1. The molecule has 2 amide bonds. The van der Waals surface area contributed by atoms with Crippen molar-refractivity contribution in [2.45, 2.75) is 44.9 Å². The van der Waals surface area contributed by atoms with Crippen molar-refractivity contribution in [3.05, 3.63) is 29.8 Å². The number of carbonyl (C=O) groups is 3. The molecule has 0 fully saturated rings. The van der Waals surface area contributed by atoms with Crippen molar-refractivity contribution in [1.29, 1.82) is 0 Å². The van der Waals surface area contributed by atoms with Crippen LogP contribution in [0.3, 0.4) is 0 Å². The molecule has 1 aromatic rings. The Labute approximate surface area is 157 Å². The van der Waals surface area contributed by atoms with E-state index in [2.05, 4.69) is 10.6 Å². The van der Waals surface area contributed by atoms with E-state index in [0.717, 1.165) is 0 Å². The molecule has 1 rings (SSSR count). The molecule has 3 atom stereocenters. The summed E-state index contributed by atoms with van der Waals surface area (Å²) in [7, 11) is 0. The molecule has 27 heavy (non-hydrogen) atoms. The summed E-state index contributed by atoms with van der Waals surface area (Å²) in [6.45, 7) is 3.40. The Kier molecular flexibility index (Phi) is 8.70. The van der Waals surface area contributed by atoms with Crippen molar-refractivity contribution in [2.75, 3.05) is 6.54 Å². The Hall–Kier alpha value is -2.65. The molecule has 0 aliphatic rings. The van der Waals surface area contributed by atoms with E-state index in [1.165, 1.54) is 12.1 Å². The Balaban J connectivity index is 2.85. The minimum atomic E-state index is -1.44. The number of carbonyl (C=O) groups excluding carboxylic acids is 2. The molecule has 0 spiro atoms. The quantitative estimate of drug-likeness (QED) is 0.314. The third-order valence-corrected chi connectivity index (χ3v) is 3.86. The molecule has 0 aromatic heterocycles. The monoisotopic (exact) mass is 381 g/mol. The Morgan fingerprint density at radius 2 is 1.59 bits per heavy atom. The zero-order valence-electron chi connectivity index (χ0n) is 15.4. The smallest absolute Gasteiger partial charge is 0.326 e. The summed E-state index contributed by atoms with van der Waals surface area (Å²) < 4.78 is 0. The second-order valence-electron chi connectivity index (χ2n) is 6.71. The maximum absolute atomic E-state index is 12.5. The second kappa shape index (κ2) is 10.5. The van der Waals surface area contributed by atoms with Gasteiger partial charge in [0, 0.05) is 13.0 Å². The summed E-state index contributed by atoms with van der Waals surface area (Å²) in [4.78, 5) is 35.9. The van der Waals surface area contributed by atoms with Crippen LogP contribution < -0.4 is 16.4 Å². The number of aliphatic carboxylic acids is 1. The number of aromatic hydroxyl groups is 1.